The van der Waals surface area contributed by atoms with Crippen LogP contribution in [-0.4, -0.2) is 36.6 Å². The van der Waals surface area contributed by atoms with E-state index in [9.17, 15) is 0 Å². The summed E-state index contributed by atoms with van der Waals surface area (Å²) < 4.78 is 0. The summed E-state index contributed by atoms with van der Waals surface area (Å²) in [6.45, 7) is 8.89. The highest BCUT2D eigenvalue weighted by Gasteiger charge is 2.37. The molecule has 3 fully saturated rings. The highest BCUT2D eigenvalue weighted by molar-refractivity contribution is 4.92. The molecule has 0 radical (unpaired) electrons. The molecule has 1 N–H and O–H groups in total. The molecule has 2 unspecified atom stereocenters. The quantitative estimate of drug-likeness (QED) is 0.764. The second-order valence-corrected chi connectivity index (χ2v) is 8.53. The fourth-order valence-electron chi connectivity index (χ4n) is 4.55. The van der Waals surface area contributed by atoms with Crippen molar-refractivity contribution in [2.45, 2.75) is 90.1 Å². The average Bonchev–Trinajstić information content (AvgIpc) is 3.29. The lowest BCUT2D eigenvalue weighted by molar-refractivity contribution is 0.0566. The van der Waals surface area contributed by atoms with Gasteiger partial charge in [-0.2, -0.15) is 0 Å². The molecule has 3 aliphatic rings. The third-order valence-corrected chi connectivity index (χ3v) is 6.29. The summed E-state index contributed by atoms with van der Waals surface area (Å²) in [6.07, 6.45) is 14.5. The maximum absolute atomic E-state index is 3.88. The van der Waals surface area contributed by atoms with Crippen molar-refractivity contribution in [3.05, 3.63) is 0 Å². The summed E-state index contributed by atoms with van der Waals surface area (Å²) in [7, 11) is 0. The molecule has 0 aromatic rings. The molecule has 2 saturated carbocycles. The zero-order valence-electron chi connectivity index (χ0n) is 14.4. The van der Waals surface area contributed by atoms with Crippen LogP contribution in [-0.2, 0) is 0 Å². The number of hydrogen-bond acceptors (Lipinski definition) is 2. The van der Waals surface area contributed by atoms with Gasteiger partial charge in [-0.1, -0.05) is 32.6 Å². The number of hydrogen-bond donors (Lipinski definition) is 1. The molecule has 1 aliphatic heterocycles. The standard InChI is InChI=1S/C19H36N2/c1-16-7-8-17(2)21(13-16)15-19(14-20-18-9-10-18)11-5-3-4-6-12-19/h16-18,20H,3-15H2,1-2H3. The first-order chi connectivity index (χ1) is 10.2. The van der Waals surface area contributed by atoms with Gasteiger partial charge in [0.15, 0.2) is 0 Å². The summed E-state index contributed by atoms with van der Waals surface area (Å²) in [4.78, 5) is 2.84. The largest absolute Gasteiger partial charge is 0.313 e. The minimum Gasteiger partial charge on any atom is -0.313 e. The molecule has 2 heteroatoms. The first kappa shape index (κ1) is 15.8. The molecule has 122 valence electrons. The van der Waals surface area contributed by atoms with Gasteiger partial charge in [0, 0.05) is 31.7 Å². The monoisotopic (exact) mass is 292 g/mol. The molecular weight excluding hydrogens is 256 g/mol. The molecule has 2 atom stereocenters. The van der Waals surface area contributed by atoms with Gasteiger partial charge in [0.1, 0.15) is 0 Å². The van der Waals surface area contributed by atoms with Gasteiger partial charge in [-0.15, -0.1) is 0 Å². The second-order valence-electron chi connectivity index (χ2n) is 8.53. The zero-order valence-corrected chi connectivity index (χ0v) is 14.4. The Morgan fingerprint density at radius 2 is 1.67 bits per heavy atom. The highest BCUT2D eigenvalue weighted by atomic mass is 15.2. The molecule has 1 heterocycles. The SMILES string of the molecule is CC1CCC(C)N(CC2(CNC3CC3)CCCCCC2)C1. The van der Waals surface area contributed by atoms with Crippen LogP contribution in [0.15, 0.2) is 0 Å². The van der Waals surface area contributed by atoms with Crippen molar-refractivity contribution in [2.75, 3.05) is 19.6 Å². The van der Waals surface area contributed by atoms with Crippen LogP contribution in [0.2, 0.25) is 0 Å². The maximum Gasteiger partial charge on any atom is 0.00684 e. The maximum atomic E-state index is 3.88. The Balaban J connectivity index is 1.64. The van der Waals surface area contributed by atoms with Gasteiger partial charge in [-0.25, -0.2) is 0 Å². The lowest BCUT2D eigenvalue weighted by Crippen LogP contribution is -2.50. The Bertz CT molecular complexity index is 316. The van der Waals surface area contributed by atoms with Gasteiger partial charge in [0.2, 0.25) is 0 Å². The Morgan fingerprint density at radius 3 is 2.33 bits per heavy atom. The van der Waals surface area contributed by atoms with E-state index in [0.717, 1.165) is 18.0 Å². The van der Waals surface area contributed by atoms with E-state index in [1.165, 1.54) is 83.8 Å². The fraction of sp³-hybridized carbons (Fsp3) is 1.00. The average molecular weight is 293 g/mol. The Hall–Kier alpha value is -0.0800. The Kier molecular flexibility index (Phi) is 5.27. The van der Waals surface area contributed by atoms with E-state index in [0.29, 0.717) is 5.41 Å². The third-order valence-electron chi connectivity index (χ3n) is 6.29. The Morgan fingerprint density at radius 1 is 0.952 bits per heavy atom. The van der Waals surface area contributed by atoms with Gasteiger partial charge in [-0.05, 0) is 56.8 Å². The van der Waals surface area contributed by atoms with Crippen molar-refractivity contribution < 1.29 is 0 Å². The van der Waals surface area contributed by atoms with Gasteiger partial charge in [0.05, 0.1) is 0 Å². The molecule has 0 bridgehead atoms. The third kappa shape index (κ3) is 4.45. The predicted molar refractivity (Wildman–Crippen MR) is 90.6 cm³/mol. The molecule has 2 aliphatic carbocycles. The number of rotatable bonds is 5. The molecule has 0 aromatic heterocycles. The summed E-state index contributed by atoms with van der Waals surface area (Å²) in [5.74, 6) is 0.903. The molecule has 1 saturated heterocycles. The number of likely N-dealkylation sites (tertiary alicyclic amines) is 1. The van der Waals surface area contributed by atoms with Crippen molar-refractivity contribution in [3.63, 3.8) is 0 Å². The molecule has 3 rings (SSSR count). The predicted octanol–water partition coefficient (Wildman–Crippen LogP) is 4.20. The van der Waals surface area contributed by atoms with E-state index in [-0.39, 0.29) is 0 Å². The van der Waals surface area contributed by atoms with Crippen LogP contribution in [0.4, 0.5) is 0 Å². The molecule has 2 nitrogen and oxygen atoms in total. The van der Waals surface area contributed by atoms with E-state index in [2.05, 4.69) is 24.1 Å². The van der Waals surface area contributed by atoms with Gasteiger partial charge in [0.25, 0.3) is 0 Å². The highest BCUT2D eigenvalue weighted by Crippen LogP contribution is 2.38. The van der Waals surface area contributed by atoms with E-state index < -0.39 is 0 Å². The van der Waals surface area contributed by atoms with Crippen molar-refractivity contribution >= 4 is 0 Å². The van der Waals surface area contributed by atoms with Gasteiger partial charge < -0.3 is 5.32 Å². The van der Waals surface area contributed by atoms with Crippen LogP contribution < -0.4 is 5.32 Å². The fourth-order valence-corrected chi connectivity index (χ4v) is 4.55. The van der Waals surface area contributed by atoms with Crippen LogP contribution in [0.1, 0.15) is 78.1 Å². The molecule has 0 amide bonds. The second kappa shape index (κ2) is 7.00. The van der Waals surface area contributed by atoms with Crippen LogP contribution in [0, 0.1) is 11.3 Å². The van der Waals surface area contributed by atoms with Crippen molar-refractivity contribution in [3.8, 4) is 0 Å². The minimum atomic E-state index is 0.574. The van der Waals surface area contributed by atoms with Gasteiger partial charge >= 0.3 is 0 Å². The minimum absolute atomic E-state index is 0.574. The summed E-state index contributed by atoms with van der Waals surface area (Å²) in [5, 5.41) is 3.88. The van der Waals surface area contributed by atoms with E-state index >= 15 is 0 Å². The van der Waals surface area contributed by atoms with E-state index in [1.54, 1.807) is 0 Å². The number of nitrogens with zero attached hydrogens (tertiary/aromatic N) is 1. The van der Waals surface area contributed by atoms with Gasteiger partial charge in [-0.3, -0.25) is 4.90 Å². The number of nitrogens with one attached hydrogen (secondary N) is 1. The molecule has 0 spiro atoms. The molecule has 21 heavy (non-hydrogen) atoms. The summed E-state index contributed by atoms with van der Waals surface area (Å²) in [6, 6.07) is 1.67. The lowest BCUT2D eigenvalue weighted by atomic mass is 9.78. The first-order valence-corrected chi connectivity index (χ1v) is 9.64. The number of piperidine rings is 1. The molecular formula is C19H36N2. The van der Waals surface area contributed by atoms with E-state index in [4.69, 9.17) is 0 Å². The van der Waals surface area contributed by atoms with Crippen LogP contribution in [0.5, 0.6) is 0 Å². The van der Waals surface area contributed by atoms with Crippen molar-refractivity contribution in [1.29, 1.82) is 0 Å². The lowest BCUT2D eigenvalue weighted by Gasteiger charge is -2.44. The van der Waals surface area contributed by atoms with Crippen molar-refractivity contribution in [1.82, 2.24) is 10.2 Å². The topological polar surface area (TPSA) is 15.3 Å². The zero-order chi connectivity index (χ0) is 14.7. The van der Waals surface area contributed by atoms with Crippen LogP contribution in [0.3, 0.4) is 0 Å². The summed E-state index contributed by atoms with van der Waals surface area (Å²) in [5.41, 5.74) is 0.574. The normalized spacial score (nSPS) is 34.6. The van der Waals surface area contributed by atoms with Crippen molar-refractivity contribution in [2.24, 2.45) is 11.3 Å². The Labute approximate surface area is 132 Å². The summed E-state index contributed by atoms with van der Waals surface area (Å²) >= 11 is 0. The first-order valence-electron chi connectivity index (χ1n) is 9.64. The smallest absolute Gasteiger partial charge is 0.00684 e. The van der Waals surface area contributed by atoms with Crippen LogP contribution in [0.25, 0.3) is 0 Å². The molecule has 0 aromatic carbocycles. The van der Waals surface area contributed by atoms with E-state index in [1.807, 2.05) is 0 Å². The van der Waals surface area contributed by atoms with Crippen LogP contribution >= 0.6 is 0 Å².